The van der Waals surface area contributed by atoms with Crippen molar-refractivity contribution in [3.63, 3.8) is 0 Å². The van der Waals surface area contributed by atoms with Gasteiger partial charge >= 0.3 is 6.18 Å². The lowest BCUT2D eigenvalue weighted by Crippen LogP contribution is -2.22. The molecule has 100 valence electrons. The highest BCUT2D eigenvalue weighted by molar-refractivity contribution is 6.12. The second kappa shape index (κ2) is 4.75. The molecular formula is C12H8F3NO3. The number of hydrogen-bond acceptors (Lipinski definition) is 3. The van der Waals surface area contributed by atoms with E-state index < -0.39 is 17.5 Å². The fourth-order valence-corrected chi connectivity index (χ4v) is 1.73. The van der Waals surface area contributed by atoms with Crippen molar-refractivity contribution in [2.75, 3.05) is 6.61 Å². The number of Topliss-reactive ketones (excluding diaryl/α,β-unsaturated/α-hetero) is 1. The molecule has 4 nitrogen and oxygen atoms in total. The highest BCUT2D eigenvalue weighted by Crippen LogP contribution is 2.32. The van der Waals surface area contributed by atoms with Crippen LogP contribution in [0.1, 0.15) is 10.4 Å². The molecule has 1 heterocycles. The number of rotatable bonds is 4. The topological polar surface area (TPSA) is 59.2 Å². The molecule has 0 unspecified atom stereocenters. The first-order valence-corrected chi connectivity index (χ1v) is 5.23. The minimum Gasteiger partial charge on any atom is -0.485 e. The lowest BCUT2D eigenvalue weighted by atomic mass is 10.1. The first kappa shape index (κ1) is 13.1. The maximum absolute atomic E-state index is 12.5. The van der Waals surface area contributed by atoms with Gasteiger partial charge in [-0.3, -0.25) is 9.59 Å². The zero-order valence-electron chi connectivity index (χ0n) is 9.45. The first-order valence-electron chi connectivity index (χ1n) is 5.23. The summed E-state index contributed by atoms with van der Waals surface area (Å²) in [6, 6.07) is 4.45. The summed E-state index contributed by atoms with van der Waals surface area (Å²) in [6.45, 7) is -0.302. The van der Waals surface area contributed by atoms with Crippen molar-refractivity contribution in [2.45, 2.75) is 6.18 Å². The van der Waals surface area contributed by atoms with Gasteiger partial charge in [-0.15, -0.1) is 0 Å². The van der Waals surface area contributed by atoms with Gasteiger partial charge in [-0.25, -0.2) is 0 Å². The Bertz CT molecular complexity index is 631. The van der Waals surface area contributed by atoms with Gasteiger partial charge in [-0.05, 0) is 12.1 Å². The highest BCUT2D eigenvalue weighted by Gasteiger charge is 2.40. The average molecular weight is 271 g/mol. The molecule has 1 aromatic heterocycles. The largest absolute Gasteiger partial charge is 0.485 e. The number of ketones is 1. The Hall–Kier alpha value is -2.31. The molecule has 19 heavy (non-hydrogen) atoms. The van der Waals surface area contributed by atoms with Crippen LogP contribution in [0.3, 0.4) is 0 Å². The smallest absolute Gasteiger partial charge is 0.454 e. The Labute approximate surface area is 105 Å². The van der Waals surface area contributed by atoms with Crippen molar-refractivity contribution in [3.8, 4) is 5.75 Å². The second-order valence-corrected chi connectivity index (χ2v) is 3.69. The molecule has 2 aromatic rings. The fourth-order valence-electron chi connectivity index (χ4n) is 1.73. The van der Waals surface area contributed by atoms with E-state index in [9.17, 15) is 22.8 Å². The van der Waals surface area contributed by atoms with E-state index in [1.54, 1.807) is 6.07 Å². The van der Waals surface area contributed by atoms with E-state index in [2.05, 4.69) is 4.98 Å². The van der Waals surface area contributed by atoms with E-state index in [0.29, 0.717) is 11.8 Å². The molecular weight excluding hydrogens is 263 g/mol. The van der Waals surface area contributed by atoms with Gasteiger partial charge in [0.2, 0.25) is 0 Å². The highest BCUT2D eigenvalue weighted by atomic mass is 19.4. The summed E-state index contributed by atoms with van der Waals surface area (Å²) >= 11 is 0. The summed E-state index contributed by atoms with van der Waals surface area (Å²) < 4.78 is 42.4. The number of halogens is 3. The molecule has 0 aliphatic carbocycles. The van der Waals surface area contributed by atoms with Crippen LogP contribution in [0.25, 0.3) is 10.9 Å². The van der Waals surface area contributed by atoms with E-state index in [-0.39, 0.29) is 17.7 Å². The number of ether oxygens (including phenoxy) is 1. The van der Waals surface area contributed by atoms with Crippen molar-refractivity contribution in [2.24, 2.45) is 0 Å². The van der Waals surface area contributed by atoms with Crippen molar-refractivity contribution < 1.29 is 27.5 Å². The summed E-state index contributed by atoms with van der Waals surface area (Å²) in [7, 11) is 0. The summed E-state index contributed by atoms with van der Waals surface area (Å²) in [6.07, 6.45) is -3.52. The molecule has 0 atom stereocenters. The standard InChI is InChI=1S/C12H8F3NO3/c13-12(14,15)11(18)7-6-16-8-2-1-3-9(10(7)8)19-5-4-17/h1-4,6,16H,5H2. The fraction of sp³-hybridized carbons (Fsp3) is 0.167. The molecule has 0 saturated carbocycles. The number of alkyl halides is 3. The Morgan fingerprint density at radius 3 is 2.74 bits per heavy atom. The van der Waals surface area contributed by atoms with Crippen LogP contribution in [0.4, 0.5) is 13.2 Å². The van der Waals surface area contributed by atoms with Crippen molar-refractivity contribution >= 4 is 23.0 Å². The number of fused-ring (bicyclic) bond motifs is 1. The number of aromatic nitrogens is 1. The molecule has 0 bridgehead atoms. The Kier molecular flexibility index (Phi) is 3.28. The monoisotopic (exact) mass is 271 g/mol. The molecule has 2 rings (SSSR count). The third-order valence-corrected chi connectivity index (χ3v) is 2.48. The van der Waals surface area contributed by atoms with Gasteiger partial charge in [0.25, 0.3) is 5.78 Å². The van der Waals surface area contributed by atoms with Crippen LogP contribution in [0.5, 0.6) is 5.75 Å². The first-order chi connectivity index (χ1) is 8.95. The van der Waals surface area contributed by atoms with E-state index in [1.807, 2.05) is 0 Å². The molecule has 0 fully saturated rings. The predicted molar refractivity (Wildman–Crippen MR) is 60.2 cm³/mol. The lowest BCUT2D eigenvalue weighted by Gasteiger charge is -2.07. The van der Waals surface area contributed by atoms with Crippen LogP contribution in [0, 0.1) is 0 Å². The van der Waals surface area contributed by atoms with Crippen LogP contribution in [0.15, 0.2) is 24.4 Å². The maximum Gasteiger partial charge on any atom is 0.454 e. The predicted octanol–water partition coefficient (Wildman–Crippen LogP) is 2.49. The average Bonchev–Trinajstić information content (AvgIpc) is 2.78. The molecule has 1 aromatic carbocycles. The van der Waals surface area contributed by atoms with Gasteiger partial charge in [0.05, 0.1) is 10.9 Å². The summed E-state index contributed by atoms with van der Waals surface area (Å²) in [5.74, 6) is -1.90. The summed E-state index contributed by atoms with van der Waals surface area (Å²) in [5, 5.41) is 0.0201. The quantitative estimate of drug-likeness (QED) is 0.686. The number of aromatic amines is 1. The number of carbonyl (C=O) groups is 2. The van der Waals surface area contributed by atoms with E-state index >= 15 is 0 Å². The molecule has 7 heteroatoms. The molecule has 0 amide bonds. The van der Waals surface area contributed by atoms with Crippen LogP contribution in [-0.2, 0) is 4.79 Å². The van der Waals surface area contributed by atoms with Crippen molar-refractivity contribution in [3.05, 3.63) is 30.0 Å². The van der Waals surface area contributed by atoms with E-state index in [4.69, 9.17) is 4.74 Å². The molecule has 0 saturated heterocycles. The van der Waals surface area contributed by atoms with Gasteiger partial charge in [-0.2, -0.15) is 13.2 Å². The zero-order chi connectivity index (χ0) is 14.0. The summed E-state index contributed by atoms with van der Waals surface area (Å²) in [5.41, 5.74) is -0.194. The van der Waals surface area contributed by atoms with Gasteiger partial charge < -0.3 is 9.72 Å². The number of hydrogen-bond donors (Lipinski definition) is 1. The molecule has 0 radical (unpaired) electrons. The molecule has 0 spiro atoms. The van der Waals surface area contributed by atoms with Crippen molar-refractivity contribution in [1.29, 1.82) is 0 Å². The van der Waals surface area contributed by atoms with Gasteiger partial charge in [0.15, 0.2) is 6.29 Å². The minimum atomic E-state index is -4.97. The number of benzene rings is 1. The number of H-pyrrole nitrogens is 1. The van der Waals surface area contributed by atoms with Gasteiger partial charge in [-0.1, -0.05) is 6.07 Å². The van der Waals surface area contributed by atoms with Gasteiger partial charge in [0.1, 0.15) is 12.4 Å². The zero-order valence-corrected chi connectivity index (χ0v) is 9.45. The van der Waals surface area contributed by atoms with Crippen LogP contribution >= 0.6 is 0 Å². The molecule has 0 aliphatic rings. The number of carbonyl (C=O) groups excluding carboxylic acids is 2. The third kappa shape index (κ3) is 2.44. The van der Waals surface area contributed by atoms with E-state index in [1.165, 1.54) is 12.1 Å². The van der Waals surface area contributed by atoms with Crippen LogP contribution < -0.4 is 4.74 Å². The Morgan fingerprint density at radius 1 is 1.37 bits per heavy atom. The van der Waals surface area contributed by atoms with E-state index in [0.717, 1.165) is 6.20 Å². The summed E-state index contributed by atoms with van der Waals surface area (Å²) in [4.78, 5) is 24.1. The normalized spacial score (nSPS) is 11.5. The second-order valence-electron chi connectivity index (χ2n) is 3.69. The minimum absolute atomic E-state index is 0.0201. The van der Waals surface area contributed by atoms with Crippen LogP contribution in [-0.4, -0.2) is 29.8 Å². The van der Waals surface area contributed by atoms with Crippen LogP contribution in [0.2, 0.25) is 0 Å². The Balaban J connectivity index is 2.56. The van der Waals surface area contributed by atoms with Gasteiger partial charge in [0, 0.05) is 11.7 Å². The molecule has 1 N–H and O–H groups in total. The lowest BCUT2D eigenvalue weighted by molar-refractivity contribution is -0.109. The maximum atomic E-state index is 12.5. The third-order valence-electron chi connectivity index (χ3n) is 2.48. The van der Waals surface area contributed by atoms with Crippen molar-refractivity contribution in [1.82, 2.24) is 4.98 Å². The Morgan fingerprint density at radius 2 is 2.11 bits per heavy atom. The number of aldehydes is 1. The molecule has 0 aliphatic heterocycles. The number of nitrogens with one attached hydrogen (secondary N) is 1. The SMILES string of the molecule is O=CCOc1cccc2[nH]cc(C(=O)C(F)(F)F)c12.